The van der Waals surface area contributed by atoms with E-state index in [2.05, 4.69) is 0 Å². The van der Waals surface area contributed by atoms with Gasteiger partial charge in [0.15, 0.2) is 0 Å². The zero-order valence-electron chi connectivity index (χ0n) is 14.0. The molecular formula is C20H19NO3S. The molecule has 0 saturated heterocycles. The molecule has 1 aliphatic rings. The van der Waals surface area contributed by atoms with Crippen molar-refractivity contribution in [3.05, 3.63) is 66.2 Å². The number of hydrogen-bond donors (Lipinski definition) is 0. The van der Waals surface area contributed by atoms with Gasteiger partial charge in [-0.15, -0.1) is 0 Å². The average Bonchev–Trinajstić information content (AvgIpc) is 2.83. The molecule has 0 unspecified atom stereocenters. The van der Waals surface area contributed by atoms with Crippen molar-refractivity contribution in [1.82, 2.24) is 0 Å². The molecule has 0 atom stereocenters. The Morgan fingerprint density at radius 3 is 2.52 bits per heavy atom. The summed E-state index contributed by atoms with van der Waals surface area (Å²) >= 11 is 0. The van der Waals surface area contributed by atoms with E-state index in [4.69, 9.17) is 4.74 Å². The van der Waals surface area contributed by atoms with Gasteiger partial charge < -0.3 is 4.74 Å². The lowest BCUT2D eigenvalue weighted by molar-refractivity contribution is 0.311. The first kappa shape index (κ1) is 16.0. The van der Waals surface area contributed by atoms with Crippen LogP contribution in [-0.4, -0.2) is 21.6 Å². The molecule has 0 aliphatic carbocycles. The fraction of sp³-hybridized carbons (Fsp3) is 0.200. The molecule has 3 aromatic rings. The molecule has 4 rings (SSSR count). The van der Waals surface area contributed by atoms with E-state index in [1.807, 2.05) is 55.5 Å². The third-order valence-corrected chi connectivity index (χ3v) is 6.39. The van der Waals surface area contributed by atoms with Crippen LogP contribution in [0.1, 0.15) is 12.0 Å². The Morgan fingerprint density at radius 2 is 1.72 bits per heavy atom. The van der Waals surface area contributed by atoms with Crippen LogP contribution in [0.5, 0.6) is 5.75 Å². The van der Waals surface area contributed by atoms with E-state index in [0.717, 1.165) is 27.8 Å². The van der Waals surface area contributed by atoms with Gasteiger partial charge in [-0.1, -0.05) is 42.5 Å². The van der Waals surface area contributed by atoms with Gasteiger partial charge in [-0.2, -0.15) is 0 Å². The molecule has 0 aromatic heterocycles. The number of aryl methyl sites for hydroxylation is 1. The molecule has 0 saturated carbocycles. The highest BCUT2D eigenvalue weighted by Gasteiger charge is 2.34. The molecule has 0 bridgehead atoms. The van der Waals surface area contributed by atoms with Crippen molar-refractivity contribution in [2.45, 2.75) is 18.2 Å². The Hall–Kier alpha value is -2.53. The maximum Gasteiger partial charge on any atom is 0.265 e. The molecular weight excluding hydrogens is 334 g/mol. The van der Waals surface area contributed by atoms with Gasteiger partial charge >= 0.3 is 0 Å². The summed E-state index contributed by atoms with van der Waals surface area (Å²) in [5.41, 5.74) is 1.84. The van der Waals surface area contributed by atoms with Gasteiger partial charge in [0.25, 0.3) is 10.0 Å². The number of benzene rings is 3. The predicted octanol–water partition coefficient (Wildman–Crippen LogP) is 4.13. The monoisotopic (exact) mass is 353 g/mol. The quantitative estimate of drug-likeness (QED) is 0.648. The van der Waals surface area contributed by atoms with Gasteiger partial charge in [-0.25, -0.2) is 8.42 Å². The standard InChI is InChI=1S/C20H19NO3S/c1-15-7-2-3-11-18(15)24-14-6-13-21-17-10-4-8-16-9-5-12-19(20(16)17)25(21,22)23/h2-5,7-12H,6,13-14H2,1H3. The number of sulfonamides is 1. The van der Waals surface area contributed by atoms with Crippen LogP contribution in [-0.2, 0) is 10.0 Å². The van der Waals surface area contributed by atoms with E-state index in [1.165, 1.54) is 4.31 Å². The fourth-order valence-electron chi connectivity index (χ4n) is 3.31. The molecule has 3 aromatic carbocycles. The Morgan fingerprint density at radius 1 is 0.960 bits per heavy atom. The van der Waals surface area contributed by atoms with Crippen LogP contribution in [0.15, 0.2) is 65.6 Å². The molecule has 4 nitrogen and oxygen atoms in total. The molecule has 1 heterocycles. The summed E-state index contributed by atoms with van der Waals surface area (Å²) in [7, 11) is -3.47. The number of para-hydroxylation sites is 1. The summed E-state index contributed by atoms with van der Waals surface area (Å²) in [5, 5.41) is 1.78. The molecule has 5 heteroatoms. The van der Waals surface area contributed by atoms with Crippen LogP contribution >= 0.6 is 0 Å². The van der Waals surface area contributed by atoms with Gasteiger partial charge in [-0.3, -0.25) is 4.31 Å². The summed E-state index contributed by atoms with van der Waals surface area (Å²) in [6, 6.07) is 19.0. The predicted molar refractivity (Wildman–Crippen MR) is 99.8 cm³/mol. The van der Waals surface area contributed by atoms with Crippen molar-refractivity contribution >= 4 is 26.5 Å². The highest BCUT2D eigenvalue weighted by atomic mass is 32.2. The number of nitrogens with zero attached hydrogens (tertiary/aromatic N) is 1. The zero-order valence-corrected chi connectivity index (χ0v) is 14.8. The summed E-state index contributed by atoms with van der Waals surface area (Å²) in [6.45, 7) is 2.88. The van der Waals surface area contributed by atoms with Gasteiger partial charge in [0.1, 0.15) is 5.75 Å². The minimum absolute atomic E-state index is 0.403. The first-order chi connectivity index (χ1) is 12.1. The van der Waals surface area contributed by atoms with E-state index >= 15 is 0 Å². The van der Waals surface area contributed by atoms with E-state index in [-0.39, 0.29) is 0 Å². The minimum Gasteiger partial charge on any atom is -0.493 e. The van der Waals surface area contributed by atoms with Crippen LogP contribution in [0.2, 0.25) is 0 Å². The van der Waals surface area contributed by atoms with Crippen LogP contribution in [0, 0.1) is 6.92 Å². The highest BCUT2D eigenvalue weighted by molar-refractivity contribution is 7.93. The largest absolute Gasteiger partial charge is 0.493 e. The molecule has 25 heavy (non-hydrogen) atoms. The normalized spacial score (nSPS) is 14.8. The van der Waals surface area contributed by atoms with Crippen LogP contribution < -0.4 is 9.04 Å². The Labute approximate surface area is 147 Å². The SMILES string of the molecule is Cc1ccccc1OCCCN1c2cccc3cccc(c23)S1(=O)=O. The third kappa shape index (κ3) is 2.65. The Bertz CT molecular complexity index is 1040. The van der Waals surface area contributed by atoms with Gasteiger partial charge in [0, 0.05) is 18.4 Å². The molecule has 0 spiro atoms. The number of anilines is 1. The first-order valence-corrected chi connectivity index (χ1v) is 9.76. The lowest BCUT2D eigenvalue weighted by Gasteiger charge is -2.19. The van der Waals surface area contributed by atoms with E-state index in [1.54, 1.807) is 12.1 Å². The summed E-state index contributed by atoms with van der Waals surface area (Å²) < 4.78 is 33.0. The molecule has 128 valence electrons. The Balaban J connectivity index is 1.52. The smallest absolute Gasteiger partial charge is 0.265 e. The van der Waals surface area contributed by atoms with E-state index in [9.17, 15) is 8.42 Å². The van der Waals surface area contributed by atoms with Gasteiger partial charge in [-0.05, 0) is 36.1 Å². The Kier molecular flexibility index (Phi) is 3.88. The fourth-order valence-corrected chi connectivity index (χ4v) is 5.06. The number of rotatable bonds is 5. The highest BCUT2D eigenvalue weighted by Crippen LogP contribution is 2.41. The van der Waals surface area contributed by atoms with Crippen molar-refractivity contribution in [2.24, 2.45) is 0 Å². The molecule has 0 N–H and O–H groups in total. The molecule has 0 radical (unpaired) electrons. The van der Waals surface area contributed by atoms with Crippen molar-refractivity contribution in [3.63, 3.8) is 0 Å². The maximum atomic E-state index is 12.9. The van der Waals surface area contributed by atoms with Gasteiger partial charge in [0.05, 0.1) is 17.2 Å². The van der Waals surface area contributed by atoms with Crippen LogP contribution in [0.3, 0.4) is 0 Å². The molecule has 0 fully saturated rings. The average molecular weight is 353 g/mol. The van der Waals surface area contributed by atoms with Crippen molar-refractivity contribution in [3.8, 4) is 5.75 Å². The van der Waals surface area contributed by atoms with Crippen molar-refractivity contribution in [2.75, 3.05) is 17.5 Å². The van der Waals surface area contributed by atoms with Gasteiger partial charge in [0.2, 0.25) is 0 Å². The second kappa shape index (κ2) is 6.08. The molecule has 0 amide bonds. The zero-order chi connectivity index (χ0) is 17.4. The second-order valence-electron chi connectivity index (χ2n) is 6.18. The third-order valence-electron chi connectivity index (χ3n) is 4.54. The first-order valence-electron chi connectivity index (χ1n) is 8.32. The van der Waals surface area contributed by atoms with E-state index < -0.39 is 10.0 Å². The van der Waals surface area contributed by atoms with Crippen LogP contribution in [0.25, 0.3) is 10.8 Å². The second-order valence-corrected chi connectivity index (χ2v) is 8.01. The van der Waals surface area contributed by atoms with Crippen molar-refractivity contribution in [1.29, 1.82) is 0 Å². The van der Waals surface area contributed by atoms with E-state index in [0.29, 0.717) is 24.5 Å². The summed E-state index contributed by atoms with van der Waals surface area (Å²) in [4.78, 5) is 0.403. The maximum absolute atomic E-state index is 12.9. The summed E-state index contributed by atoms with van der Waals surface area (Å²) in [6.07, 6.45) is 0.623. The number of ether oxygens (including phenoxy) is 1. The summed E-state index contributed by atoms with van der Waals surface area (Å²) in [5.74, 6) is 0.845. The molecule has 1 aliphatic heterocycles. The topological polar surface area (TPSA) is 46.6 Å². The minimum atomic E-state index is -3.47. The number of hydrogen-bond acceptors (Lipinski definition) is 3. The van der Waals surface area contributed by atoms with Crippen LogP contribution in [0.4, 0.5) is 5.69 Å². The lowest BCUT2D eigenvalue weighted by atomic mass is 10.1. The van der Waals surface area contributed by atoms with Crippen molar-refractivity contribution < 1.29 is 13.2 Å². The lowest BCUT2D eigenvalue weighted by Crippen LogP contribution is -2.29.